The summed E-state index contributed by atoms with van der Waals surface area (Å²) in [5, 5.41) is 0. The summed E-state index contributed by atoms with van der Waals surface area (Å²) in [6.07, 6.45) is -0.218. The highest BCUT2D eigenvalue weighted by Gasteiger charge is 2.47. The van der Waals surface area contributed by atoms with Gasteiger partial charge in [-0.05, 0) is 79.8 Å². The van der Waals surface area contributed by atoms with Crippen molar-refractivity contribution < 1.29 is 18.0 Å². The number of carbonyl (C=O) groups is 2. The number of benzene rings is 3. The molecule has 1 saturated heterocycles. The van der Waals surface area contributed by atoms with Gasteiger partial charge in [0.15, 0.2) is 0 Å². The molecule has 3 aromatic carbocycles. The summed E-state index contributed by atoms with van der Waals surface area (Å²) in [5.41, 5.74) is 4.16. The molecule has 6 nitrogen and oxygen atoms in total. The summed E-state index contributed by atoms with van der Waals surface area (Å²) >= 11 is 3.36. The predicted molar refractivity (Wildman–Crippen MR) is 140 cm³/mol. The van der Waals surface area contributed by atoms with Crippen LogP contribution in [0.4, 0.5) is 5.69 Å². The number of nitrogens with zero attached hydrogens (tertiary/aromatic N) is 2. The predicted octanol–water partition coefficient (Wildman–Crippen LogP) is 5.21. The molecule has 0 bridgehead atoms. The zero-order valence-electron chi connectivity index (χ0n) is 20.1. The fraction of sp³-hybridized carbons (Fsp3) is 0.259. The lowest BCUT2D eigenvalue weighted by Gasteiger charge is -2.29. The summed E-state index contributed by atoms with van der Waals surface area (Å²) in [6, 6.07) is 16.8. The van der Waals surface area contributed by atoms with Crippen LogP contribution in [0, 0.1) is 27.7 Å². The van der Waals surface area contributed by atoms with Crippen molar-refractivity contribution in [3.8, 4) is 0 Å². The van der Waals surface area contributed by atoms with E-state index in [1.54, 1.807) is 38.1 Å². The Morgan fingerprint density at radius 2 is 1.49 bits per heavy atom. The van der Waals surface area contributed by atoms with E-state index in [0.29, 0.717) is 16.8 Å². The lowest BCUT2D eigenvalue weighted by Crippen LogP contribution is -2.45. The van der Waals surface area contributed by atoms with Crippen molar-refractivity contribution in [1.29, 1.82) is 0 Å². The SMILES string of the molecule is Cc1cc(C)c(C)c(S(=O)(=O)N(Cc2ccccc2)C2CC(=O)N(c3ccc(Br)cc3)C2=O)c1C. The number of imide groups is 1. The lowest BCUT2D eigenvalue weighted by atomic mass is 10.0. The number of amides is 2. The number of aryl methyl sites for hydroxylation is 2. The highest BCUT2D eigenvalue weighted by atomic mass is 79.9. The van der Waals surface area contributed by atoms with Gasteiger partial charge < -0.3 is 0 Å². The van der Waals surface area contributed by atoms with Crippen LogP contribution in [0.2, 0.25) is 0 Å². The molecule has 4 rings (SSSR count). The lowest BCUT2D eigenvalue weighted by molar-refractivity contribution is -0.122. The fourth-order valence-electron chi connectivity index (χ4n) is 4.51. The Labute approximate surface area is 214 Å². The summed E-state index contributed by atoms with van der Waals surface area (Å²) in [5.74, 6) is -0.971. The Morgan fingerprint density at radius 1 is 0.914 bits per heavy atom. The zero-order valence-corrected chi connectivity index (χ0v) is 22.5. The molecule has 182 valence electrons. The van der Waals surface area contributed by atoms with Gasteiger partial charge in [-0.1, -0.05) is 52.3 Å². The van der Waals surface area contributed by atoms with Gasteiger partial charge in [0.05, 0.1) is 17.0 Å². The molecule has 1 unspecified atom stereocenters. The first kappa shape index (κ1) is 25.3. The number of carbonyl (C=O) groups excluding carboxylic acids is 2. The van der Waals surface area contributed by atoms with Gasteiger partial charge in [0, 0.05) is 11.0 Å². The van der Waals surface area contributed by atoms with Gasteiger partial charge in [0.1, 0.15) is 6.04 Å². The molecule has 1 fully saturated rings. The molecule has 0 aliphatic carbocycles. The van der Waals surface area contributed by atoms with Crippen LogP contribution in [0.25, 0.3) is 0 Å². The van der Waals surface area contributed by atoms with Gasteiger partial charge in [-0.2, -0.15) is 4.31 Å². The Morgan fingerprint density at radius 3 is 2.06 bits per heavy atom. The van der Waals surface area contributed by atoms with Crippen LogP contribution in [0.1, 0.15) is 34.2 Å². The average Bonchev–Trinajstić information content (AvgIpc) is 3.10. The highest BCUT2D eigenvalue weighted by molar-refractivity contribution is 9.10. The van der Waals surface area contributed by atoms with Crippen LogP contribution < -0.4 is 4.90 Å². The van der Waals surface area contributed by atoms with Gasteiger partial charge in [0.25, 0.3) is 5.91 Å². The topological polar surface area (TPSA) is 74.8 Å². The van der Waals surface area contributed by atoms with Crippen molar-refractivity contribution in [3.05, 3.63) is 93.0 Å². The maximum atomic E-state index is 14.2. The van der Waals surface area contributed by atoms with Crippen molar-refractivity contribution in [2.75, 3.05) is 4.90 Å². The second kappa shape index (κ2) is 9.68. The molecule has 0 N–H and O–H groups in total. The number of hydrogen-bond donors (Lipinski definition) is 0. The van der Waals surface area contributed by atoms with Crippen molar-refractivity contribution in [1.82, 2.24) is 4.31 Å². The first-order valence-corrected chi connectivity index (χ1v) is 13.5. The van der Waals surface area contributed by atoms with E-state index in [0.717, 1.165) is 26.1 Å². The van der Waals surface area contributed by atoms with Crippen molar-refractivity contribution in [2.45, 2.75) is 51.6 Å². The van der Waals surface area contributed by atoms with Gasteiger partial charge in [-0.25, -0.2) is 13.3 Å². The largest absolute Gasteiger partial charge is 0.274 e. The number of halogens is 1. The second-order valence-corrected chi connectivity index (χ2v) is 11.6. The van der Waals surface area contributed by atoms with E-state index in [4.69, 9.17) is 0 Å². The minimum atomic E-state index is -4.13. The molecule has 1 aliphatic rings. The maximum absolute atomic E-state index is 14.2. The molecule has 35 heavy (non-hydrogen) atoms. The Hall–Kier alpha value is -2.81. The monoisotopic (exact) mass is 554 g/mol. The highest BCUT2D eigenvalue weighted by Crippen LogP contribution is 2.34. The summed E-state index contributed by atoms with van der Waals surface area (Å²) in [4.78, 5) is 27.9. The quantitative estimate of drug-likeness (QED) is 0.392. The van der Waals surface area contributed by atoms with Crippen LogP contribution in [0.3, 0.4) is 0 Å². The van der Waals surface area contributed by atoms with Gasteiger partial charge in [0.2, 0.25) is 15.9 Å². The number of rotatable bonds is 6. The average molecular weight is 555 g/mol. The number of hydrogen-bond acceptors (Lipinski definition) is 4. The Kier molecular flexibility index (Phi) is 6.99. The second-order valence-electron chi connectivity index (χ2n) is 8.89. The third kappa shape index (κ3) is 4.70. The molecule has 0 saturated carbocycles. The molecule has 0 aromatic heterocycles. The van der Waals surface area contributed by atoms with E-state index in [9.17, 15) is 18.0 Å². The van der Waals surface area contributed by atoms with E-state index in [1.807, 2.05) is 50.2 Å². The van der Waals surface area contributed by atoms with Crippen LogP contribution in [-0.4, -0.2) is 30.6 Å². The van der Waals surface area contributed by atoms with Crippen molar-refractivity contribution in [3.63, 3.8) is 0 Å². The van der Waals surface area contributed by atoms with Gasteiger partial charge in [-0.3, -0.25) is 9.59 Å². The van der Waals surface area contributed by atoms with E-state index < -0.39 is 27.9 Å². The standard InChI is InChI=1S/C27H27BrN2O4S/c1-17-14-18(2)20(4)26(19(17)3)35(33,34)29(16-21-8-6-5-7-9-21)24-15-25(31)30(27(24)32)23-12-10-22(28)11-13-23/h5-14,24H,15-16H2,1-4H3. The molecule has 1 atom stereocenters. The molecular weight excluding hydrogens is 528 g/mol. The number of sulfonamides is 1. The minimum Gasteiger partial charge on any atom is -0.274 e. The Balaban J connectivity index is 1.84. The molecular formula is C27H27BrN2O4S. The van der Waals surface area contributed by atoms with Crippen LogP contribution in [0.15, 0.2) is 70.0 Å². The molecule has 8 heteroatoms. The summed E-state index contributed by atoms with van der Waals surface area (Å²) < 4.78 is 30.5. The third-order valence-corrected chi connectivity index (χ3v) is 9.26. The number of anilines is 1. The van der Waals surface area contributed by atoms with Gasteiger partial charge in [-0.15, -0.1) is 0 Å². The van der Waals surface area contributed by atoms with E-state index in [-0.39, 0.29) is 17.9 Å². The molecule has 0 radical (unpaired) electrons. The molecule has 1 aliphatic heterocycles. The maximum Gasteiger partial charge on any atom is 0.252 e. The Bertz CT molecular complexity index is 1380. The summed E-state index contributed by atoms with van der Waals surface area (Å²) in [6.45, 7) is 7.30. The van der Waals surface area contributed by atoms with Crippen LogP contribution >= 0.6 is 15.9 Å². The molecule has 1 heterocycles. The van der Waals surface area contributed by atoms with Crippen molar-refractivity contribution >= 4 is 43.5 Å². The van der Waals surface area contributed by atoms with E-state index in [2.05, 4.69) is 15.9 Å². The summed E-state index contributed by atoms with van der Waals surface area (Å²) in [7, 11) is -4.13. The van der Waals surface area contributed by atoms with E-state index >= 15 is 0 Å². The van der Waals surface area contributed by atoms with Crippen molar-refractivity contribution in [2.24, 2.45) is 0 Å². The smallest absolute Gasteiger partial charge is 0.252 e. The zero-order chi connectivity index (χ0) is 25.5. The molecule has 0 spiro atoms. The van der Waals surface area contributed by atoms with Crippen LogP contribution in [-0.2, 0) is 26.2 Å². The van der Waals surface area contributed by atoms with E-state index in [1.165, 1.54) is 4.31 Å². The minimum absolute atomic E-state index is 0.0209. The van der Waals surface area contributed by atoms with Gasteiger partial charge >= 0.3 is 0 Å². The normalized spacial score (nSPS) is 16.4. The van der Waals surface area contributed by atoms with Crippen LogP contribution in [0.5, 0.6) is 0 Å². The first-order valence-electron chi connectivity index (χ1n) is 11.3. The third-order valence-electron chi connectivity index (χ3n) is 6.60. The fourth-order valence-corrected chi connectivity index (χ4v) is 6.93. The molecule has 3 aromatic rings. The molecule has 2 amide bonds. The first-order chi connectivity index (χ1) is 16.5.